The van der Waals surface area contributed by atoms with Crippen molar-refractivity contribution in [3.05, 3.63) is 64.7 Å². The van der Waals surface area contributed by atoms with Crippen molar-refractivity contribution in [3.8, 4) is 0 Å². The SMILES string of the molecule is CCCC(=O)Nc1ccc(C(=O)NCCNC(=O)c2cc(C)cc(C)c2)cc1. The van der Waals surface area contributed by atoms with E-state index in [4.69, 9.17) is 0 Å². The molecule has 0 aliphatic carbocycles. The van der Waals surface area contributed by atoms with Crippen LogP contribution in [0.2, 0.25) is 0 Å². The van der Waals surface area contributed by atoms with Crippen LogP contribution in [0, 0.1) is 13.8 Å². The smallest absolute Gasteiger partial charge is 0.251 e. The number of hydrogen-bond donors (Lipinski definition) is 3. The van der Waals surface area contributed by atoms with E-state index < -0.39 is 0 Å². The van der Waals surface area contributed by atoms with Crippen LogP contribution in [0.3, 0.4) is 0 Å². The van der Waals surface area contributed by atoms with Crippen molar-refractivity contribution in [2.24, 2.45) is 0 Å². The Morgan fingerprint density at radius 3 is 1.86 bits per heavy atom. The predicted octanol–water partition coefficient (Wildman–Crippen LogP) is 3.20. The van der Waals surface area contributed by atoms with Gasteiger partial charge in [-0.05, 0) is 56.7 Å². The summed E-state index contributed by atoms with van der Waals surface area (Å²) in [6.45, 7) is 6.50. The van der Waals surface area contributed by atoms with Gasteiger partial charge in [0, 0.05) is 36.3 Å². The molecule has 28 heavy (non-hydrogen) atoms. The minimum atomic E-state index is -0.230. The number of benzene rings is 2. The maximum Gasteiger partial charge on any atom is 0.251 e. The highest BCUT2D eigenvalue weighted by Crippen LogP contribution is 2.10. The topological polar surface area (TPSA) is 87.3 Å². The lowest BCUT2D eigenvalue weighted by Crippen LogP contribution is -2.34. The van der Waals surface area contributed by atoms with Gasteiger partial charge in [-0.2, -0.15) is 0 Å². The molecule has 0 atom stereocenters. The summed E-state index contributed by atoms with van der Waals surface area (Å²) in [6, 6.07) is 12.4. The Morgan fingerprint density at radius 2 is 1.32 bits per heavy atom. The van der Waals surface area contributed by atoms with Gasteiger partial charge in [-0.15, -0.1) is 0 Å². The van der Waals surface area contributed by atoms with Gasteiger partial charge in [-0.1, -0.05) is 24.1 Å². The zero-order chi connectivity index (χ0) is 20.5. The summed E-state index contributed by atoms with van der Waals surface area (Å²) in [6.07, 6.45) is 1.25. The molecule has 6 heteroatoms. The number of hydrogen-bond acceptors (Lipinski definition) is 3. The van der Waals surface area contributed by atoms with Crippen molar-refractivity contribution < 1.29 is 14.4 Å². The Kier molecular flexibility index (Phi) is 7.75. The van der Waals surface area contributed by atoms with Crippen LogP contribution in [0.5, 0.6) is 0 Å². The standard InChI is InChI=1S/C22H27N3O3/c1-4-5-20(26)25-19-8-6-17(7-9-19)21(27)23-10-11-24-22(28)18-13-15(2)12-16(3)14-18/h6-9,12-14H,4-5,10-11H2,1-3H3,(H,23,27)(H,24,28)(H,25,26). The highest BCUT2D eigenvalue weighted by molar-refractivity contribution is 5.96. The van der Waals surface area contributed by atoms with Crippen LogP contribution in [-0.2, 0) is 4.79 Å². The summed E-state index contributed by atoms with van der Waals surface area (Å²) in [4.78, 5) is 35.9. The van der Waals surface area contributed by atoms with Gasteiger partial charge < -0.3 is 16.0 Å². The molecule has 6 nitrogen and oxygen atoms in total. The molecule has 0 aromatic heterocycles. The van der Waals surface area contributed by atoms with Crippen molar-refractivity contribution in [1.82, 2.24) is 10.6 Å². The molecule has 2 aromatic carbocycles. The van der Waals surface area contributed by atoms with E-state index in [0.29, 0.717) is 36.3 Å². The van der Waals surface area contributed by atoms with Crippen LogP contribution in [0.4, 0.5) is 5.69 Å². The molecule has 0 aliphatic rings. The van der Waals surface area contributed by atoms with Gasteiger partial charge >= 0.3 is 0 Å². The van der Waals surface area contributed by atoms with Crippen LogP contribution in [-0.4, -0.2) is 30.8 Å². The summed E-state index contributed by atoms with van der Waals surface area (Å²) < 4.78 is 0. The Balaban J connectivity index is 1.77. The van der Waals surface area contributed by atoms with E-state index in [0.717, 1.165) is 17.5 Å². The monoisotopic (exact) mass is 381 g/mol. The summed E-state index contributed by atoms with van der Waals surface area (Å²) in [7, 11) is 0. The van der Waals surface area contributed by atoms with Crippen LogP contribution in [0.1, 0.15) is 51.6 Å². The molecule has 148 valence electrons. The first kappa shape index (κ1) is 21.2. The van der Waals surface area contributed by atoms with E-state index in [9.17, 15) is 14.4 Å². The van der Waals surface area contributed by atoms with Crippen molar-refractivity contribution in [3.63, 3.8) is 0 Å². The molecule has 0 saturated heterocycles. The van der Waals surface area contributed by atoms with Gasteiger partial charge in [0.2, 0.25) is 5.91 Å². The minimum absolute atomic E-state index is 0.0424. The number of aryl methyl sites for hydroxylation is 2. The van der Waals surface area contributed by atoms with Crippen LogP contribution in [0.25, 0.3) is 0 Å². The average molecular weight is 381 g/mol. The van der Waals surface area contributed by atoms with E-state index in [1.165, 1.54) is 0 Å². The van der Waals surface area contributed by atoms with Crippen LogP contribution >= 0.6 is 0 Å². The lowest BCUT2D eigenvalue weighted by atomic mass is 10.1. The molecule has 2 rings (SSSR count). The first-order valence-corrected chi connectivity index (χ1v) is 9.43. The Bertz CT molecular complexity index is 824. The first-order chi connectivity index (χ1) is 13.4. The molecule has 2 aromatic rings. The van der Waals surface area contributed by atoms with Gasteiger partial charge in [0.05, 0.1) is 0 Å². The molecule has 0 heterocycles. The Morgan fingerprint density at radius 1 is 0.786 bits per heavy atom. The summed E-state index contributed by atoms with van der Waals surface area (Å²) in [5.41, 5.74) is 3.84. The Hall–Kier alpha value is -3.15. The second-order valence-electron chi connectivity index (χ2n) is 6.76. The first-order valence-electron chi connectivity index (χ1n) is 9.43. The van der Waals surface area contributed by atoms with Gasteiger partial charge in [0.25, 0.3) is 11.8 Å². The van der Waals surface area contributed by atoms with Gasteiger partial charge in [-0.3, -0.25) is 14.4 Å². The molecule has 0 spiro atoms. The van der Waals surface area contributed by atoms with E-state index >= 15 is 0 Å². The highest BCUT2D eigenvalue weighted by atomic mass is 16.2. The maximum atomic E-state index is 12.2. The zero-order valence-electron chi connectivity index (χ0n) is 16.6. The maximum absolute atomic E-state index is 12.2. The number of amides is 3. The average Bonchev–Trinajstić information content (AvgIpc) is 2.65. The fourth-order valence-corrected chi connectivity index (χ4v) is 2.82. The number of rotatable bonds is 8. The molecule has 0 bridgehead atoms. The largest absolute Gasteiger partial charge is 0.350 e. The number of carbonyl (C=O) groups excluding carboxylic acids is 3. The third kappa shape index (κ3) is 6.54. The zero-order valence-corrected chi connectivity index (χ0v) is 16.6. The second kappa shape index (κ2) is 10.3. The van der Waals surface area contributed by atoms with Crippen molar-refractivity contribution >= 4 is 23.4 Å². The number of carbonyl (C=O) groups is 3. The van der Waals surface area contributed by atoms with Gasteiger partial charge in [0.15, 0.2) is 0 Å². The lowest BCUT2D eigenvalue weighted by Gasteiger charge is -2.09. The van der Waals surface area contributed by atoms with Crippen molar-refractivity contribution in [2.45, 2.75) is 33.6 Å². The van der Waals surface area contributed by atoms with E-state index in [1.54, 1.807) is 24.3 Å². The second-order valence-corrected chi connectivity index (χ2v) is 6.76. The third-order valence-electron chi connectivity index (χ3n) is 4.09. The predicted molar refractivity (Wildman–Crippen MR) is 111 cm³/mol. The molecule has 0 saturated carbocycles. The van der Waals surface area contributed by atoms with Crippen molar-refractivity contribution in [2.75, 3.05) is 18.4 Å². The quantitative estimate of drug-likeness (QED) is 0.614. The molecule has 0 radical (unpaired) electrons. The van der Waals surface area contributed by atoms with Gasteiger partial charge in [0.1, 0.15) is 0 Å². The fourth-order valence-electron chi connectivity index (χ4n) is 2.82. The molecule has 3 N–H and O–H groups in total. The molecular weight excluding hydrogens is 354 g/mol. The van der Waals surface area contributed by atoms with Gasteiger partial charge in [-0.25, -0.2) is 0 Å². The third-order valence-corrected chi connectivity index (χ3v) is 4.09. The van der Waals surface area contributed by atoms with E-state index in [-0.39, 0.29) is 17.7 Å². The fraction of sp³-hybridized carbons (Fsp3) is 0.318. The molecule has 0 unspecified atom stereocenters. The number of anilines is 1. The number of nitrogens with one attached hydrogen (secondary N) is 3. The van der Waals surface area contributed by atoms with Crippen molar-refractivity contribution in [1.29, 1.82) is 0 Å². The summed E-state index contributed by atoms with van der Waals surface area (Å²) >= 11 is 0. The van der Waals surface area contributed by atoms with E-state index in [2.05, 4.69) is 16.0 Å². The lowest BCUT2D eigenvalue weighted by molar-refractivity contribution is -0.116. The molecule has 0 fully saturated rings. The normalized spacial score (nSPS) is 10.2. The molecule has 3 amide bonds. The highest BCUT2D eigenvalue weighted by Gasteiger charge is 2.08. The molecule has 0 aliphatic heterocycles. The summed E-state index contributed by atoms with van der Waals surface area (Å²) in [5.74, 6) is -0.431. The minimum Gasteiger partial charge on any atom is -0.350 e. The Labute approximate surface area is 165 Å². The van der Waals surface area contributed by atoms with E-state index in [1.807, 2.05) is 39.0 Å². The molecular formula is C22H27N3O3. The van der Waals surface area contributed by atoms with Crippen LogP contribution < -0.4 is 16.0 Å². The van der Waals surface area contributed by atoms with Crippen LogP contribution in [0.15, 0.2) is 42.5 Å². The summed E-state index contributed by atoms with van der Waals surface area (Å²) in [5, 5.41) is 8.35.